The topological polar surface area (TPSA) is 108 Å². The number of carbonyl (C=O) groups excluding carboxylic acids is 2. The van der Waals surface area contributed by atoms with E-state index in [-0.39, 0.29) is 31.2 Å². The van der Waals surface area contributed by atoms with Gasteiger partial charge in [0.05, 0.1) is 32.1 Å². The molecule has 1 N–H and O–H groups in total. The molecule has 0 aliphatic carbocycles. The third kappa shape index (κ3) is 13.5. The smallest absolute Gasteiger partial charge is 0.302 e. The summed E-state index contributed by atoms with van der Waals surface area (Å²) < 4.78 is 36.7. The third-order valence-electron chi connectivity index (χ3n) is 2.25. The Labute approximate surface area is 125 Å². The van der Waals surface area contributed by atoms with Crippen LogP contribution < -0.4 is 5.32 Å². The summed E-state index contributed by atoms with van der Waals surface area (Å²) in [5.41, 5.74) is 0. The van der Waals surface area contributed by atoms with E-state index in [4.69, 9.17) is 9.47 Å². The molecule has 124 valence electrons. The molecule has 9 heteroatoms. The van der Waals surface area contributed by atoms with Crippen molar-refractivity contribution < 1.29 is 31.7 Å². The predicted octanol–water partition coefficient (Wildman–Crippen LogP) is -0.174. The van der Waals surface area contributed by atoms with Gasteiger partial charge in [0, 0.05) is 20.3 Å². The molecular formula is C12H23NO7S. The van der Waals surface area contributed by atoms with Gasteiger partial charge in [0.25, 0.3) is 10.1 Å². The van der Waals surface area contributed by atoms with Gasteiger partial charge in [0.1, 0.15) is 6.10 Å². The van der Waals surface area contributed by atoms with Crippen LogP contribution in [0.25, 0.3) is 0 Å². The van der Waals surface area contributed by atoms with Crippen molar-refractivity contribution in [1.82, 2.24) is 5.32 Å². The minimum absolute atomic E-state index is 0.0991. The Morgan fingerprint density at radius 2 is 1.81 bits per heavy atom. The molecule has 0 fully saturated rings. The van der Waals surface area contributed by atoms with Crippen LogP contribution in [0.5, 0.6) is 0 Å². The van der Waals surface area contributed by atoms with E-state index < -0.39 is 16.2 Å². The summed E-state index contributed by atoms with van der Waals surface area (Å²) in [6.45, 7) is 4.59. The number of rotatable bonds is 10. The number of ether oxygens (including phenoxy) is 2. The first kappa shape index (κ1) is 19.8. The Bertz CT molecular complexity index is 435. The Morgan fingerprint density at radius 3 is 2.29 bits per heavy atom. The van der Waals surface area contributed by atoms with Gasteiger partial charge in [-0.1, -0.05) is 0 Å². The molecule has 0 bridgehead atoms. The van der Waals surface area contributed by atoms with Crippen LogP contribution in [0.15, 0.2) is 0 Å². The molecule has 1 amide bonds. The molecule has 0 heterocycles. The summed E-state index contributed by atoms with van der Waals surface area (Å²) in [6.07, 6.45) is 1.16. The molecule has 21 heavy (non-hydrogen) atoms. The predicted molar refractivity (Wildman–Crippen MR) is 75.1 cm³/mol. The van der Waals surface area contributed by atoms with Gasteiger partial charge >= 0.3 is 5.97 Å². The van der Waals surface area contributed by atoms with E-state index in [1.54, 1.807) is 6.92 Å². The fourth-order valence-electron chi connectivity index (χ4n) is 1.44. The molecule has 8 nitrogen and oxygen atoms in total. The molecule has 0 rings (SSSR count). The number of amides is 1. The van der Waals surface area contributed by atoms with Crippen LogP contribution in [-0.2, 0) is 33.4 Å². The maximum absolute atomic E-state index is 11.0. The van der Waals surface area contributed by atoms with E-state index in [2.05, 4.69) is 9.50 Å². The van der Waals surface area contributed by atoms with E-state index in [0.717, 1.165) is 6.26 Å². The van der Waals surface area contributed by atoms with Crippen LogP contribution in [0, 0.1) is 0 Å². The fraction of sp³-hybridized carbons (Fsp3) is 0.833. The van der Waals surface area contributed by atoms with E-state index >= 15 is 0 Å². The zero-order chi connectivity index (χ0) is 16.5. The van der Waals surface area contributed by atoms with Gasteiger partial charge in [-0.2, -0.15) is 8.42 Å². The van der Waals surface area contributed by atoms with Gasteiger partial charge in [-0.05, 0) is 6.92 Å². The lowest BCUT2D eigenvalue weighted by Gasteiger charge is -2.18. The highest BCUT2D eigenvalue weighted by molar-refractivity contribution is 7.85. The number of carbonyl (C=O) groups is 2. The quantitative estimate of drug-likeness (QED) is 0.337. The second-order valence-electron chi connectivity index (χ2n) is 4.67. The van der Waals surface area contributed by atoms with E-state index in [0.29, 0.717) is 13.0 Å². The average Bonchev–Trinajstić information content (AvgIpc) is 2.28. The summed E-state index contributed by atoms with van der Waals surface area (Å²) in [4.78, 5) is 21.7. The minimum atomic E-state index is -3.58. The average molecular weight is 325 g/mol. The van der Waals surface area contributed by atoms with Crippen LogP contribution in [0.3, 0.4) is 0 Å². The Kier molecular flexibility index (Phi) is 9.14. The fourth-order valence-corrected chi connectivity index (χ4v) is 1.85. The maximum atomic E-state index is 11.0. The van der Waals surface area contributed by atoms with E-state index in [1.807, 2.05) is 0 Å². The largest absolute Gasteiger partial charge is 0.463 e. The second kappa shape index (κ2) is 9.69. The van der Waals surface area contributed by atoms with Gasteiger partial charge in [-0.15, -0.1) is 0 Å². The minimum Gasteiger partial charge on any atom is -0.463 e. The van der Waals surface area contributed by atoms with Crippen LogP contribution in [0.4, 0.5) is 0 Å². The Hall–Kier alpha value is -1.19. The molecule has 0 saturated carbocycles. The normalized spacial score (nSPS) is 14.3. The summed E-state index contributed by atoms with van der Waals surface area (Å²) in [5.74, 6) is -0.672. The molecule has 0 saturated heterocycles. The van der Waals surface area contributed by atoms with Crippen molar-refractivity contribution in [2.45, 2.75) is 39.3 Å². The molecule has 0 aromatic rings. The highest BCUT2D eigenvalue weighted by Crippen LogP contribution is 2.00. The van der Waals surface area contributed by atoms with Crippen molar-refractivity contribution in [2.75, 3.05) is 26.1 Å². The highest BCUT2D eigenvalue weighted by atomic mass is 32.2. The van der Waals surface area contributed by atoms with Crippen LogP contribution in [0.1, 0.15) is 27.2 Å². The Morgan fingerprint density at radius 1 is 1.19 bits per heavy atom. The maximum Gasteiger partial charge on any atom is 0.302 e. The molecule has 2 atom stereocenters. The molecule has 0 aliphatic rings. The zero-order valence-electron chi connectivity index (χ0n) is 12.7. The summed E-state index contributed by atoms with van der Waals surface area (Å²) >= 11 is 0. The monoisotopic (exact) mass is 325 g/mol. The van der Waals surface area contributed by atoms with Crippen molar-refractivity contribution in [3.8, 4) is 0 Å². The zero-order valence-corrected chi connectivity index (χ0v) is 13.6. The van der Waals surface area contributed by atoms with Crippen molar-refractivity contribution in [2.24, 2.45) is 0 Å². The number of nitrogens with one attached hydrogen (secondary N) is 1. The molecule has 0 unspecified atom stereocenters. The molecular weight excluding hydrogens is 302 g/mol. The van der Waals surface area contributed by atoms with Crippen LogP contribution >= 0.6 is 0 Å². The molecule has 0 aromatic carbocycles. The number of esters is 1. The molecule has 0 aliphatic heterocycles. The van der Waals surface area contributed by atoms with E-state index in [9.17, 15) is 18.0 Å². The standard InChI is InChI=1S/C12H23NO7S/c1-9(20-11(3)15)5-6-18-7-12(13-10(2)14)8-19-21(4,16)17/h9,12H,5-8H2,1-4H3,(H,13,14)/t9-,12-/m1/s1. The first-order valence-corrected chi connectivity index (χ1v) is 8.28. The number of hydrogen-bond acceptors (Lipinski definition) is 7. The van der Waals surface area contributed by atoms with Crippen molar-refractivity contribution in [1.29, 1.82) is 0 Å². The van der Waals surface area contributed by atoms with Gasteiger partial charge in [0.15, 0.2) is 0 Å². The first-order valence-electron chi connectivity index (χ1n) is 6.46. The van der Waals surface area contributed by atoms with Gasteiger partial charge in [-0.3, -0.25) is 13.8 Å². The van der Waals surface area contributed by atoms with Gasteiger partial charge in [-0.25, -0.2) is 0 Å². The highest BCUT2D eigenvalue weighted by Gasteiger charge is 2.14. The molecule has 0 aromatic heterocycles. The van der Waals surface area contributed by atoms with Crippen LogP contribution in [-0.4, -0.2) is 58.5 Å². The van der Waals surface area contributed by atoms with Crippen molar-refractivity contribution >= 4 is 22.0 Å². The lowest BCUT2D eigenvalue weighted by Crippen LogP contribution is -2.41. The van der Waals surface area contributed by atoms with Gasteiger partial charge in [0.2, 0.25) is 5.91 Å². The van der Waals surface area contributed by atoms with Crippen molar-refractivity contribution in [3.63, 3.8) is 0 Å². The SMILES string of the molecule is CC(=O)N[C@H](COCC[C@@H](C)OC(C)=O)COS(C)(=O)=O. The second-order valence-corrected chi connectivity index (χ2v) is 6.31. The third-order valence-corrected chi connectivity index (χ3v) is 2.81. The van der Waals surface area contributed by atoms with Crippen LogP contribution in [0.2, 0.25) is 0 Å². The summed E-state index contributed by atoms with van der Waals surface area (Å²) in [6, 6.07) is -0.568. The molecule has 0 spiro atoms. The summed E-state index contributed by atoms with van der Waals surface area (Å²) in [5, 5.41) is 2.53. The lowest BCUT2D eigenvalue weighted by molar-refractivity contribution is -0.146. The van der Waals surface area contributed by atoms with E-state index in [1.165, 1.54) is 13.8 Å². The lowest BCUT2D eigenvalue weighted by atomic mass is 10.3. The number of hydrogen-bond donors (Lipinski definition) is 1. The van der Waals surface area contributed by atoms with Crippen molar-refractivity contribution in [3.05, 3.63) is 0 Å². The summed E-state index contributed by atoms with van der Waals surface area (Å²) in [7, 11) is -3.58. The molecule has 0 radical (unpaired) electrons. The Balaban J connectivity index is 4.06. The van der Waals surface area contributed by atoms with Gasteiger partial charge < -0.3 is 14.8 Å². The first-order chi connectivity index (χ1) is 9.60.